The van der Waals surface area contributed by atoms with Gasteiger partial charge in [0.15, 0.2) is 0 Å². The van der Waals surface area contributed by atoms with Crippen molar-refractivity contribution in [1.82, 2.24) is 9.55 Å². The molecule has 0 bridgehead atoms. The molecule has 0 radical (unpaired) electrons. The Kier molecular flexibility index (Phi) is 4.41. The second-order valence-electron chi connectivity index (χ2n) is 4.90. The van der Waals surface area contributed by atoms with E-state index in [1.54, 1.807) is 25.3 Å². The van der Waals surface area contributed by atoms with Gasteiger partial charge >= 0.3 is 0 Å². The molecule has 0 aliphatic carbocycles. The van der Waals surface area contributed by atoms with Crippen LogP contribution in [0.1, 0.15) is 11.1 Å². The highest BCUT2D eigenvalue weighted by atomic mass is 32.2. The van der Waals surface area contributed by atoms with Crippen LogP contribution in [0.2, 0.25) is 0 Å². The first-order valence-corrected chi connectivity index (χ1v) is 7.91. The minimum atomic E-state index is -3.91. The number of aryl methyl sites for hydroxylation is 2. The fraction of sp³-hybridized carbons (Fsp3) is 0.214. The van der Waals surface area contributed by atoms with Gasteiger partial charge in [-0.15, -0.1) is 4.40 Å². The molecule has 1 heterocycles. The first-order valence-electron chi connectivity index (χ1n) is 6.47. The molecular formula is C14H16N4O3S. The normalized spacial score (nSPS) is 12.4. The maximum Gasteiger partial charge on any atom is 0.285 e. The van der Waals surface area contributed by atoms with Crippen LogP contribution in [-0.2, 0) is 21.4 Å². The molecular weight excluding hydrogens is 304 g/mol. The molecule has 2 aromatic rings. The number of carbonyl (C=O) groups excluding carboxylic acids is 1. The van der Waals surface area contributed by atoms with Crippen LogP contribution in [0.5, 0.6) is 0 Å². The van der Waals surface area contributed by atoms with Crippen molar-refractivity contribution in [2.24, 2.45) is 10.1 Å². The Morgan fingerprint density at radius 3 is 2.45 bits per heavy atom. The second kappa shape index (κ2) is 6.10. The standard InChI is InChI=1S/C14H16N4O3S/c1-10-3-5-12(6-4-10)22(20,21)17-14-16-7-11(2)8-18(14)9-13(15)19/h3-8H,9H2,1-2H3,(H2,15,19)/b17-14+. The van der Waals surface area contributed by atoms with Crippen molar-refractivity contribution in [3.8, 4) is 0 Å². The number of sulfonamides is 1. The Labute approximate surface area is 128 Å². The average molecular weight is 320 g/mol. The molecule has 0 saturated carbocycles. The van der Waals surface area contributed by atoms with Gasteiger partial charge in [-0.1, -0.05) is 17.7 Å². The van der Waals surface area contributed by atoms with Crippen LogP contribution in [0, 0.1) is 13.8 Å². The lowest BCUT2D eigenvalue weighted by atomic mass is 10.2. The van der Waals surface area contributed by atoms with Gasteiger partial charge in [0.25, 0.3) is 10.0 Å². The number of aromatic nitrogens is 2. The molecule has 1 aromatic carbocycles. The third kappa shape index (κ3) is 3.79. The van der Waals surface area contributed by atoms with Crippen LogP contribution in [0.3, 0.4) is 0 Å². The Morgan fingerprint density at radius 2 is 1.86 bits per heavy atom. The fourth-order valence-electron chi connectivity index (χ4n) is 1.80. The van der Waals surface area contributed by atoms with E-state index in [0.717, 1.165) is 11.1 Å². The Bertz CT molecular complexity index is 868. The van der Waals surface area contributed by atoms with Gasteiger partial charge in [-0.3, -0.25) is 4.79 Å². The van der Waals surface area contributed by atoms with Crippen LogP contribution in [0.25, 0.3) is 0 Å². The number of rotatable bonds is 4. The molecule has 0 fully saturated rings. The van der Waals surface area contributed by atoms with E-state index in [1.807, 2.05) is 6.92 Å². The molecule has 1 amide bonds. The van der Waals surface area contributed by atoms with Crippen molar-refractivity contribution in [2.75, 3.05) is 0 Å². The van der Waals surface area contributed by atoms with Gasteiger partial charge in [0.05, 0.1) is 4.90 Å². The number of nitrogens with zero attached hydrogens (tertiary/aromatic N) is 3. The topological polar surface area (TPSA) is 107 Å². The second-order valence-corrected chi connectivity index (χ2v) is 6.51. The summed E-state index contributed by atoms with van der Waals surface area (Å²) in [5.41, 5.74) is 6.76. The fourth-order valence-corrected chi connectivity index (χ4v) is 2.75. The van der Waals surface area contributed by atoms with E-state index < -0.39 is 15.9 Å². The first kappa shape index (κ1) is 15.9. The summed E-state index contributed by atoms with van der Waals surface area (Å²) in [6, 6.07) is 6.31. The van der Waals surface area contributed by atoms with E-state index in [-0.39, 0.29) is 17.1 Å². The monoisotopic (exact) mass is 320 g/mol. The molecule has 0 saturated heterocycles. The summed E-state index contributed by atoms with van der Waals surface area (Å²) in [7, 11) is -3.91. The number of hydrogen-bond acceptors (Lipinski definition) is 4. The summed E-state index contributed by atoms with van der Waals surface area (Å²) in [4.78, 5) is 15.1. The Balaban J connectivity index is 2.56. The maximum absolute atomic E-state index is 12.3. The van der Waals surface area contributed by atoms with E-state index in [4.69, 9.17) is 5.73 Å². The summed E-state index contributed by atoms with van der Waals surface area (Å²) < 4.78 is 29.6. The van der Waals surface area contributed by atoms with Gasteiger partial charge in [-0.25, -0.2) is 4.98 Å². The van der Waals surface area contributed by atoms with Gasteiger partial charge in [-0.05, 0) is 31.5 Å². The lowest BCUT2D eigenvalue weighted by molar-refractivity contribution is -0.118. The third-order valence-corrected chi connectivity index (χ3v) is 4.12. The smallest absolute Gasteiger partial charge is 0.285 e. The molecule has 0 aliphatic rings. The summed E-state index contributed by atoms with van der Waals surface area (Å²) in [6.45, 7) is 3.43. The predicted octanol–water partition coefficient (Wildman–Crippen LogP) is 0.275. The number of benzene rings is 1. The summed E-state index contributed by atoms with van der Waals surface area (Å²) >= 11 is 0. The number of hydrogen-bond donors (Lipinski definition) is 1. The molecule has 0 unspecified atom stereocenters. The van der Waals surface area contributed by atoms with Gasteiger partial charge in [0, 0.05) is 12.4 Å². The lowest BCUT2D eigenvalue weighted by Crippen LogP contribution is -2.31. The quantitative estimate of drug-likeness (QED) is 0.872. The van der Waals surface area contributed by atoms with Crippen molar-refractivity contribution < 1.29 is 13.2 Å². The first-order chi connectivity index (χ1) is 10.3. The van der Waals surface area contributed by atoms with Gasteiger partial charge in [0.1, 0.15) is 6.54 Å². The van der Waals surface area contributed by atoms with Crippen molar-refractivity contribution in [3.05, 3.63) is 53.4 Å². The SMILES string of the molecule is Cc1ccc(S(=O)(=O)/N=c2\ncc(C)cn2CC(N)=O)cc1. The zero-order valence-electron chi connectivity index (χ0n) is 12.2. The average Bonchev–Trinajstić information content (AvgIpc) is 2.41. The molecule has 8 heteroatoms. The van der Waals surface area contributed by atoms with E-state index in [9.17, 15) is 13.2 Å². The number of carbonyl (C=O) groups is 1. The summed E-state index contributed by atoms with van der Waals surface area (Å²) in [5.74, 6) is -0.610. The zero-order valence-corrected chi connectivity index (χ0v) is 13.0. The van der Waals surface area contributed by atoms with Crippen LogP contribution < -0.4 is 11.4 Å². The van der Waals surface area contributed by atoms with Gasteiger partial charge in [0.2, 0.25) is 11.5 Å². The van der Waals surface area contributed by atoms with E-state index in [2.05, 4.69) is 9.38 Å². The van der Waals surface area contributed by atoms with Crippen LogP contribution >= 0.6 is 0 Å². The molecule has 116 valence electrons. The largest absolute Gasteiger partial charge is 0.368 e. The predicted molar refractivity (Wildman–Crippen MR) is 80.1 cm³/mol. The molecule has 0 aliphatic heterocycles. The Hall–Kier alpha value is -2.48. The van der Waals surface area contributed by atoms with E-state index >= 15 is 0 Å². The van der Waals surface area contributed by atoms with Crippen molar-refractivity contribution in [1.29, 1.82) is 0 Å². The van der Waals surface area contributed by atoms with Crippen LogP contribution in [0.15, 0.2) is 46.0 Å². The van der Waals surface area contributed by atoms with Gasteiger partial charge < -0.3 is 10.3 Å². The molecule has 0 spiro atoms. The number of nitrogens with two attached hydrogens (primary N) is 1. The summed E-state index contributed by atoms with van der Waals surface area (Å²) in [6.07, 6.45) is 3.04. The minimum Gasteiger partial charge on any atom is -0.368 e. The maximum atomic E-state index is 12.3. The van der Waals surface area contributed by atoms with Crippen molar-refractivity contribution >= 4 is 15.9 Å². The number of amides is 1. The van der Waals surface area contributed by atoms with E-state index in [1.165, 1.54) is 22.9 Å². The molecule has 0 atom stereocenters. The summed E-state index contributed by atoms with van der Waals surface area (Å²) in [5, 5.41) is 0. The van der Waals surface area contributed by atoms with Gasteiger partial charge in [-0.2, -0.15) is 8.42 Å². The lowest BCUT2D eigenvalue weighted by Gasteiger charge is -2.05. The highest BCUT2D eigenvalue weighted by molar-refractivity contribution is 7.90. The number of primary amides is 1. The zero-order chi connectivity index (χ0) is 16.3. The minimum absolute atomic E-state index is 0.0612. The van der Waals surface area contributed by atoms with Crippen LogP contribution in [-0.4, -0.2) is 23.9 Å². The Morgan fingerprint density at radius 1 is 1.23 bits per heavy atom. The van der Waals surface area contributed by atoms with Crippen LogP contribution in [0.4, 0.5) is 0 Å². The highest BCUT2D eigenvalue weighted by Crippen LogP contribution is 2.12. The molecule has 2 rings (SSSR count). The van der Waals surface area contributed by atoms with E-state index in [0.29, 0.717) is 0 Å². The van der Waals surface area contributed by atoms with Crippen molar-refractivity contribution in [3.63, 3.8) is 0 Å². The van der Waals surface area contributed by atoms with Crippen molar-refractivity contribution in [2.45, 2.75) is 25.3 Å². The molecule has 1 aromatic heterocycles. The molecule has 22 heavy (non-hydrogen) atoms. The molecule has 7 nitrogen and oxygen atoms in total. The highest BCUT2D eigenvalue weighted by Gasteiger charge is 2.13. The third-order valence-electron chi connectivity index (χ3n) is 2.85. The molecule has 2 N–H and O–H groups in total.